The molecule has 1 aliphatic heterocycles. The van der Waals surface area contributed by atoms with E-state index in [2.05, 4.69) is 37.7 Å². The fraction of sp³-hybridized carbons (Fsp3) is 0.786. The van der Waals surface area contributed by atoms with Crippen molar-refractivity contribution in [1.29, 1.82) is 0 Å². The Balaban J connectivity index is 2.06. The molecule has 4 heteroatoms. The van der Waals surface area contributed by atoms with Crippen LogP contribution in [0.2, 0.25) is 0 Å². The average molecular weight is 251 g/mol. The van der Waals surface area contributed by atoms with E-state index in [0.717, 1.165) is 32.6 Å². The van der Waals surface area contributed by atoms with E-state index in [0.29, 0.717) is 12.1 Å². The molecule has 1 aliphatic rings. The first-order chi connectivity index (χ1) is 8.59. The molecular weight excluding hydrogens is 226 g/mol. The zero-order valence-electron chi connectivity index (χ0n) is 12.0. The monoisotopic (exact) mass is 251 g/mol. The van der Waals surface area contributed by atoms with Crippen LogP contribution in [0.4, 0.5) is 0 Å². The van der Waals surface area contributed by atoms with Gasteiger partial charge in [-0.2, -0.15) is 5.10 Å². The number of hydrogen-bond donors (Lipinski definition) is 1. The van der Waals surface area contributed by atoms with Gasteiger partial charge < -0.3 is 10.1 Å². The second-order valence-electron chi connectivity index (χ2n) is 5.47. The van der Waals surface area contributed by atoms with Gasteiger partial charge in [0.25, 0.3) is 0 Å². The third-order valence-electron chi connectivity index (χ3n) is 3.65. The molecule has 0 aromatic carbocycles. The smallest absolute Gasteiger partial charge is 0.0777 e. The van der Waals surface area contributed by atoms with Crippen LogP contribution in [0.5, 0.6) is 0 Å². The van der Waals surface area contributed by atoms with Gasteiger partial charge in [0.2, 0.25) is 0 Å². The summed E-state index contributed by atoms with van der Waals surface area (Å²) in [5, 5.41) is 8.16. The number of ether oxygens (including phenoxy) is 1. The van der Waals surface area contributed by atoms with Gasteiger partial charge >= 0.3 is 0 Å². The number of nitrogens with one attached hydrogen (secondary N) is 1. The third-order valence-corrected chi connectivity index (χ3v) is 3.65. The summed E-state index contributed by atoms with van der Waals surface area (Å²) in [5.74, 6) is 0. The van der Waals surface area contributed by atoms with E-state index < -0.39 is 0 Å². The normalized spacial score (nSPS) is 19.9. The number of aryl methyl sites for hydroxylation is 1. The quantitative estimate of drug-likeness (QED) is 0.870. The summed E-state index contributed by atoms with van der Waals surface area (Å²) in [6.07, 6.45) is 2.15. The molecule has 1 atom stereocenters. The molecule has 2 rings (SSSR count). The van der Waals surface area contributed by atoms with E-state index in [1.165, 1.54) is 17.0 Å². The van der Waals surface area contributed by atoms with Crippen LogP contribution in [-0.4, -0.2) is 35.6 Å². The molecule has 0 amide bonds. The number of hydrogen-bond acceptors (Lipinski definition) is 3. The van der Waals surface area contributed by atoms with Crippen LogP contribution in [0.15, 0.2) is 0 Å². The van der Waals surface area contributed by atoms with Gasteiger partial charge in [0, 0.05) is 18.3 Å². The topological polar surface area (TPSA) is 39.1 Å². The minimum Gasteiger partial charge on any atom is -0.379 e. The highest BCUT2D eigenvalue weighted by atomic mass is 16.5. The molecule has 0 bridgehead atoms. The van der Waals surface area contributed by atoms with Crippen LogP contribution in [0, 0.1) is 13.8 Å². The summed E-state index contributed by atoms with van der Waals surface area (Å²) in [7, 11) is 0. The molecule has 1 unspecified atom stereocenters. The van der Waals surface area contributed by atoms with Gasteiger partial charge in [-0.15, -0.1) is 0 Å². The second kappa shape index (κ2) is 5.85. The summed E-state index contributed by atoms with van der Waals surface area (Å²) in [6, 6.07) is 0.986. The van der Waals surface area contributed by atoms with Crippen molar-refractivity contribution < 1.29 is 4.74 Å². The van der Waals surface area contributed by atoms with Gasteiger partial charge in [-0.05, 0) is 38.8 Å². The van der Waals surface area contributed by atoms with Crippen molar-refractivity contribution in [3.63, 3.8) is 0 Å². The maximum Gasteiger partial charge on any atom is 0.0777 e. The molecule has 1 fully saturated rings. The Morgan fingerprint density at radius 2 is 2.22 bits per heavy atom. The van der Waals surface area contributed by atoms with E-state index in [1.807, 2.05) is 0 Å². The van der Waals surface area contributed by atoms with Crippen molar-refractivity contribution in [2.75, 3.05) is 19.8 Å². The van der Waals surface area contributed by atoms with E-state index in [9.17, 15) is 0 Å². The van der Waals surface area contributed by atoms with E-state index >= 15 is 0 Å². The molecule has 2 heterocycles. The molecular formula is C14H25N3O. The van der Waals surface area contributed by atoms with Crippen LogP contribution in [0.1, 0.15) is 43.3 Å². The van der Waals surface area contributed by atoms with Gasteiger partial charge in [-0.1, -0.05) is 13.8 Å². The molecule has 0 spiro atoms. The summed E-state index contributed by atoms with van der Waals surface area (Å²) < 4.78 is 7.63. The maximum absolute atomic E-state index is 5.46. The lowest BCUT2D eigenvalue weighted by atomic mass is 10.1. The summed E-state index contributed by atoms with van der Waals surface area (Å²) in [4.78, 5) is 0. The fourth-order valence-corrected chi connectivity index (χ4v) is 2.62. The Morgan fingerprint density at radius 3 is 2.83 bits per heavy atom. The van der Waals surface area contributed by atoms with Gasteiger partial charge in [0.15, 0.2) is 0 Å². The van der Waals surface area contributed by atoms with E-state index in [-0.39, 0.29) is 0 Å². The molecule has 102 valence electrons. The van der Waals surface area contributed by atoms with Crippen molar-refractivity contribution in [3.05, 3.63) is 17.0 Å². The maximum atomic E-state index is 5.46. The molecule has 18 heavy (non-hydrogen) atoms. The first-order valence-electron chi connectivity index (χ1n) is 6.95. The van der Waals surface area contributed by atoms with Crippen molar-refractivity contribution in [1.82, 2.24) is 15.1 Å². The molecule has 1 N–H and O–H groups in total. The largest absolute Gasteiger partial charge is 0.379 e. The van der Waals surface area contributed by atoms with E-state index in [4.69, 9.17) is 9.84 Å². The lowest BCUT2D eigenvalue weighted by Gasteiger charge is -2.12. The lowest BCUT2D eigenvalue weighted by Crippen LogP contribution is -2.25. The van der Waals surface area contributed by atoms with Crippen LogP contribution >= 0.6 is 0 Å². The van der Waals surface area contributed by atoms with Crippen LogP contribution in [0.3, 0.4) is 0 Å². The molecule has 0 aliphatic carbocycles. The second-order valence-corrected chi connectivity index (χ2v) is 5.47. The van der Waals surface area contributed by atoms with Crippen molar-refractivity contribution in [3.8, 4) is 0 Å². The Bertz CT molecular complexity index is 392. The van der Waals surface area contributed by atoms with Crippen LogP contribution in [0.25, 0.3) is 0 Å². The Kier molecular flexibility index (Phi) is 4.40. The zero-order chi connectivity index (χ0) is 13.1. The molecule has 0 radical (unpaired) electrons. The first kappa shape index (κ1) is 13.6. The van der Waals surface area contributed by atoms with Gasteiger partial charge in [0.1, 0.15) is 0 Å². The zero-order valence-corrected chi connectivity index (χ0v) is 12.0. The first-order valence-corrected chi connectivity index (χ1v) is 6.95. The fourth-order valence-electron chi connectivity index (χ4n) is 2.62. The number of aromatic nitrogens is 2. The lowest BCUT2D eigenvalue weighted by molar-refractivity contribution is 0.184. The van der Waals surface area contributed by atoms with Crippen molar-refractivity contribution >= 4 is 0 Å². The predicted molar refractivity (Wildman–Crippen MR) is 73.0 cm³/mol. The standard InChI is InChI=1S/C14H25N3O/c1-10(2)15-7-5-14-11(3)16-17(12(14)4)13-6-8-18-9-13/h10,13,15H,5-9H2,1-4H3. The van der Waals surface area contributed by atoms with E-state index in [1.54, 1.807) is 0 Å². The Hall–Kier alpha value is -0.870. The van der Waals surface area contributed by atoms with Crippen LogP contribution in [-0.2, 0) is 11.2 Å². The third kappa shape index (κ3) is 2.93. The molecule has 1 aromatic heterocycles. The number of nitrogens with zero attached hydrogens (tertiary/aromatic N) is 2. The number of rotatable bonds is 5. The molecule has 0 saturated carbocycles. The average Bonchev–Trinajstić information content (AvgIpc) is 2.91. The molecule has 1 saturated heterocycles. The highest BCUT2D eigenvalue weighted by Gasteiger charge is 2.22. The van der Waals surface area contributed by atoms with Crippen molar-refractivity contribution in [2.45, 2.75) is 52.6 Å². The molecule has 4 nitrogen and oxygen atoms in total. The van der Waals surface area contributed by atoms with Gasteiger partial charge in [-0.3, -0.25) is 4.68 Å². The summed E-state index contributed by atoms with van der Waals surface area (Å²) >= 11 is 0. The summed E-state index contributed by atoms with van der Waals surface area (Å²) in [6.45, 7) is 11.4. The predicted octanol–water partition coefficient (Wildman–Crippen LogP) is 2.00. The Morgan fingerprint density at radius 1 is 1.44 bits per heavy atom. The highest BCUT2D eigenvalue weighted by Crippen LogP contribution is 2.23. The minimum absolute atomic E-state index is 0.440. The SMILES string of the molecule is Cc1nn(C2CCOC2)c(C)c1CCNC(C)C. The van der Waals surface area contributed by atoms with Gasteiger partial charge in [0.05, 0.1) is 18.3 Å². The highest BCUT2D eigenvalue weighted by molar-refractivity contribution is 5.25. The summed E-state index contributed by atoms with van der Waals surface area (Å²) in [5.41, 5.74) is 3.88. The Labute approximate surface area is 110 Å². The van der Waals surface area contributed by atoms with Crippen LogP contribution < -0.4 is 5.32 Å². The minimum atomic E-state index is 0.440. The van der Waals surface area contributed by atoms with Crippen molar-refractivity contribution in [2.24, 2.45) is 0 Å². The molecule has 1 aromatic rings. The van der Waals surface area contributed by atoms with Gasteiger partial charge in [-0.25, -0.2) is 0 Å².